The average Bonchev–Trinajstić information content (AvgIpc) is 2.61. The van der Waals surface area contributed by atoms with Crippen LogP contribution >= 0.6 is 0 Å². The van der Waals surface area contributed by atoms with Crippen LogP contribution in [0.2, 0.25) is 0 Å². The van der Waals surface area contributed by atoms with E-state index in [1.165, 1.54) is 16.7 Å². The number of nitrogens with two attached hydrogens (primary N) is 1. The fraction of sp³-hybridized carbons (Fsp3) is 0.190. The Labute approximate surface area is 157 Å². The second-order valence-electron chi connectivity index (χ2n) is 6.53. The van der Waals surface area contributed by atoms with Crippen LogP contribution in [0.15, 0.2) is 47.4 Å². The van der Waals surface area contributed by atoms with Gasteiger partial charge in [0, 0.05) is 37.1 Å². The molecular weight excluding hydrogens is 345 g/mol. The summed E-state index contributed by atoms with van der Waals surface area (Å²) in [4.78, 5) is 12.2. The SMILES string of the molecule is CNc1cc(-c2cc(N)ccc2Oc2c(C)cc(F)cc2C)cn(C)c1=O. The van der Waals surface area contributed by atoms with Crippen molar-refractivity contribution in [2.45, 2.75) is 13.8 Å². The molecule has 0 saturated heterocycles. The number of pyridine rings is 1. The lowest BCUT2D eigenvalue weighted by Crippen LogP contribution is -2.19. The molecule has 0 bridgehead atoms. The lowest BCUT2D eigenvalue weighted by atomic mass is 10.0. The van der Waals surface area contributed by atoms with E-state index in [-0.39, 0.29) is 11.4 Å². The lowest BCUT2D eigenvalue weighted by Gasteiger charge is -2.17. The normalized spacial score (nSPS) is 10.7. The van der Waals surface area contributed by atoms with Crippen molar-refractivity contribution in [1.82, 2.24) is 4.57 Å². The van der Waals surface area contributed by atoms with E-state index in [0.29, 0.717) is 34.0 Å². The van der Waals surface area contributed by atoms with Crippen molar-refractivity contribution in [3.63, 3.8) is 0 Å². The summed E-state index contributed by atoms with van der Waals surface area (Å²) in [6.45, 7) is 3.60. The van der Waals surface area contributed by atoms with Crippen molar-refractivity contribution < 1.29 is 9.13 Å². The highest BCUT2D eigenvalue weighted by molar-refractivity contribution is 5.76. The molecule has 3 rings (SSSR count). The van der Waals surface area contributed by atoms with Crippen LogP contribution in [0.3, 0.4) is 0 Å². The van der Waals surface area contributed by atoms with Crippen molar-refractivity contribution in [1.29, 1.82) is 0 Å². The standard InChI is InChI=1S/C21H22FN3O2/c1-12-7-15(22)8-13(2)20(12)27-19-6-5-16(23)10-17(19)14-9-18(24-3)21(26)25(4)11-14/h5-11,24H,23H2,1-4H3. The number of hydrogen-bond donors (Lipinski definition) is 2. The molecule has 2 aromatic carbocycles. The van der Waals surface area contributed by atoms with Gasteiger partial charge in [0.2, 0.25) is 0 Å². The number of hydrogen-bond acceptors (Lipinski definition) is 4. The summed E-state index contributed by atoms with van der Waals surface area (Å²) in [6, 6.07) is 9.94. The van der Waals surface area contributed by atoms with Crippen molar-refractivity contribution >= 4 is 11.4 Å². The highest BCUT2D eigenvalue weighted by atomic mass is 19.1. The Morgan fingerprint density at radius 1 is 1.11 bits per heavy atom. The summed E-state index contributed by atoms with van der Waals surface area (Å²) in [6.07, 6.45) is 1.73. The largest absolute Gasteiger partial charge is 0.456 e. The Morgan fingerprint density at radius 3 is 2.41 bits per heavy atom. The van der Waals surface area contributed by atoms with Gasteiger partial charge >= 0.3 is 0 Å². The first-order valence-corrected chi connectivity index (χ1v) is 8.53. The van der Waals surface area contributed by atoms with E-state index in [9.17, 15) is 9.18 Å². The fourth-order valence-electron chi connectivity index (χ4n) is 3.07. The second kappa shape index (κ2) is 7.15. The molecule has 3 N–H and O–H groups in total. The molecule has 1 heterocycles. The third-order valence-corrected chi connectivity index (χ3v) is 4.40. The first-order valence-electron chi connectivity index (χ1n) is 8.53. The Balaban J connectivity index is 2.16. The smallest absolute Gasteiger partial charge is 0.273 e. The van der Waals surface area contributed by atoms with Gasteiger partial charge in [0.25, 0.3) is 5.56 Å². The fourth-order valence-corrected chi connectivity index (χ4v) is 3.07. The van der Waals surface area contributed by atoms with Crippen LogP contribution in [0.1, 0.15) is 11.1 Å². The van der Waals surface area contributed by atoms with E-state index in [2.05, 4.69) is 5.32 Å². The molecule has 0 fully saturated rings. The molecule has 0 amide bonds. The van der Waals surface area contributed by atoms with E-state index in [4.69, 9.17) is 10.5 Å². The lowest BCUT2D eigenvalue weighted by molar-refractivity contribution is 0.474. The molecule has 0 spiro atoms. The molecule has 0 aliphatic rings. The topological polar surface area (TPSA) is 69.3 Å². The molecule has 140 valence electrons. The highest BCUT2D eigenvalue weighted by Crippen LogP contribution is 2.37. The number of nitrogen functional groups attached to an aromatic ring is 1. The maximum Gasteiger partial charge on any atom is 0.273 e. The number of nitrogens with one attached hydrogen (secondary N) is 1. The third kappa shape index (κ3) is 3.65. The number of benzene rings is 2. The van der Waals surface area contributed by atoms with E-state index in [1.54, 1.807) is 58.4 Å². The van der Waals surface area contributed by atoms with Gasteiger partial charge in [0.05, 0.1) is 0 Å². The number of ether oxygens (including phenoxy) is 1. The van der Waals surface area contributed by atoms with E-state index in [0.717, 1.165) is 11.1 Å². The molecule has 0 saturated carbocycles. The summed E-state index contributed by atoms with van der Waals surface area (Å²) >= 11 is 0. The molecule has 6 heteroatoms. The van der Waals surface area contributed by atoms with Gasteiger partial charge in [-0.05, 0) is 61.4 Å². The Kier molecular flexibility index (Phi) is 4.90. The summed E-state index contributed by atoms with van der Waals surface area (Å²) in [5, 5.41) is 2.91. The van der Waals surface area contributed by atoms with Gasteiger partial charge in [-0.2, -0.15) is 0 Å². The molecule has 1 aromatic heterocycles. The van der Waals surface area contributed by atoms with Crippen molar-refractivity contribution in [3.05, 3.63) is 69.9 Å². The highest BCUT2D eigenvalue weighted by Gasteiger charge is 2.14. The Bertz CT molecular complexity index is 1050. The van der Waals surface area contributed by atoms with Crippen LogP contribution in [0.4, 0.5) is 15.8 Å². The molecule has 0 aliphatic heterocycles. The van der Waals surface area contributed by atoms with Gasteiger partial charge in [0.1, 0.15) is 23.0 Å². The molecule has 0 radical (unpaired) electrons. The first kappa shape index (κ1) is 18.5. The predicted molar refractivity (Wildman–Crippen MR) is 107 cm³/mol. The van der Waals surface area contributed by atoms with E-state index in [1.807, 2.05) is 0 Å². The minimum Gasteiger partial charge on any atom is -0.456 e. The average molecular weight is 367 g/mol. The monoisotopic (exact) mass is 367 g/mol. The van der Waals surface area contributed by atoms with Gasteiger partial charge in [0.15, 0.2) is 0 Å². The van der Waals surface area contributed by atoms with Crippen molar-refractivity contribution in [2.24, 2.45) is 7.05 Å². The third-order valence-electron chi connectivity index (χ3n) is 4.40. The predicted octanol–water partition coefficient (Wildman–Crippen LogP) is 4.22. The van der Waals surface area contributed by atoms with Gasteiger partial charge in [-0.15, -0.1) is 0 Å². The number of aromatic nitrogens is 1. The van der Waals surface area contributed by atoms with Crippen molar-refractivity contribution in [2.75, 3.05) is 18.1 Å². The summed E-state index contributed by atoms with van der Waals surface area (Å²) < 4.78 is 21.3. The summed E-state index contributed by atoms with van der Waals surface area (Å²) in [7, 11) is 3.39. The van der Waals surface area contributed by atoms with Crippen LogP contribution in [0.25, 0.3) is 11.1 Å². The van der Waals surface area contributed by atoms with Crippen LogP contribution in [-0.2, 0) is 7.05 Å². The van der Waals surface area contributed by atoms with Gasteiger partial charge in [-0.25, -0.2) is 4.39 Å². The van der Waals surface area contributed by atoms with Gasteiger partial charge in [-0.1, -0.05) is 0 Å². The quantitative estimate of drug-likeness (QED) is 0.677. The van der Waals surface area contributed by atoms with Crippen LogP contribution < -0.4 is 21.3 Å². The molecular formula is C21H22FN3O2. The zero-order chi connectivity index (χ0) is 19.7. The first-order chi connectivity index (χ1) is 12.8. The Morgan fingerprint density at radius 2 is 1.78 bits per heavy atom. The molecule has 0 atom stereocenters. The minimum absolute atomic E-state index is 0.127. The number of nitrogens with zero attached hydrogens (tertiary/aromatic N) is 1. The van der Waals surface area contributed by atoms with Gasteiger partial charge < -0.3 is 20.4 Å². The Hall–Kier alpha value is -3.28. The molecule has 0 unspecified atom stereocenters. The van der Waals surface area contributed by atoms with Crippen LogP contribution in [0, 0.1) is 19.7 Å². The van der Waals surface area contributed by atoms with Crippen LogP contribution in [-0.4, -0.2) is 11.6 Å². The van der Waals surface area contributed by atoms with Gasteiger partial charge in [-0.3, -0.25) is 4.79 Å². The maximum absolute atomic E-state index is 13.6. The number of rotatable bonds is 4. The molecule has 5 nitrogen and oxygen atoms in total. The summed E-state index contributed by atoms with van der Waals surface area (Å²) in [5.74, 6) is 0.871. The minimum atomic E-state index is -0.299. The zero-order valence-electron chi connectivity index (χ0n) is 15.8. The summed E-state index contributed by atoms with van der Waals surface area (Å²) in [5.41, 5.74) is 9.82. The molecule has 0 aliphatic carbocycles. The van der Waals surface area contributed by atoms with Crippen LogP contribution in [0.5, 0.6) is 11.5 Å². The number of anilines is 2. The zero-order valence-corrected chi connectivity index (χ0v) is 15.8. The van der Waals surface area contributed by atoms with Crippen molar-refractivity contribution in [3.8, 4) is 22.6 Å². The second-order valence-corrected chi connectivity index (χ2v) is 6.53. The number of halogens is 1. The molecule has 3 aromatic rings. The molecule has 27 heavy (non-hydrogen) atoms. The van der Waals surface area contributed by atoms with E-state index < -0.39 is 0 Å². The maximum atomic E-state index is 13.6. The van der Waals surface area contributed by atoms with E-state index >= 15 is 0 Å². The number of aryl methyl sites for hydroxylation is 3.